The highest BCUT2D eigenvalue weighted by Crippen LogP contribution is 2.34. The number of Topliss-reactive ketones (excluding diaryl/α,β-unsaturated/α-hetero) is 1. The molecule has 24 heavy (non-hydrogen) atoms. The zero-order chi connectivity index (χ0) is 17.6. The minimum Gasteiger partial charge on any atom is -0.508 e. The zero-order valence-electron chi connectivity index (χ0n) is 14.6. The van der Waals surface area contributed by atoms with Crippen LogP contribution in [0.15, 0.2) is 12.1 Å². The van der Waals surface area contributed by atoms with Crippen molar-refractivity contribution in [3.63, 3.8) is 0 Å². The molecular weight excluding hydrogens is 334 g/mol. The topological polar surface area (TPSA) is 99.0 Å². The molecule has 0 bridgehead atoms. The molecular formula is C17H28ClNO5. The van der Waals surface area contributed by atoms with Gasteiger partial charge in [-0.25, -0.2) is 0 Å². The number of ether oxygens (including phenoxy) is 1. The Morgan fingerprint density at radius 3 is 2.38 bits per heavy atom. The van der Waals surface area contributed by atoms with Crippen molar-refractivity contribution in [3.8, 4) is 17.2 Å². The minimum absolute atomic E-state index is 0. The fraction of sp³-hybridized carbons (Fsp3) is 0.588. The van der Waals surface area contributed by atoms with Gasteiger partial charge in [-0.1, -0.05) is 27.7 Å². The van der Waals surface area contributed by atoms with E-state index in [9.17, 15) is 20.1 Å². The van der Waals surface area contributed by atoms with Gasteiger partial charge in [0.25, 0.3) is 0 Å². The molecule has 0 aliphatic carbocycles. The van der Waals surface area contributed by atoms with Crippen molar-refractivity contribution < 1.29 is 24.9 Å². The van der Waals surface area contributed by atoms with Crippen LogP contribution >= 0.6 is 12.4 Å². The first kappa shape index (κ1) is 22.5. The molecule has 0 aliphatic rings. The van der Waals surface area contributed by atoms with E-state index in [1.807, 2.05) is 27.7 Å². The average molecular weight is 362 g/mol. The van der Waals surface area contributed by atoms with E-state index in [1.165, 1.54) is 6.07 Å². The third-order valence-electron chi connectivity index (χ3n) is 3.13. The summed E-state index contributed by atoms with van der Waals surface area (Å²) in [6, 6.07) is 2.62. The Balaban J connectivity index is 0.00000529. The molecule has 1 aromatic carbocycles. The number of carbonyl (C=O) groups is 1. The molecule has 138 valence electrons. The van der Waals surface area contributed by atoms with E-state index in [0.717, 1.165) is 6.07 Å². The van der Waals surface area contributed by atoms with Crippen LogP contribution in [0.2, 0.25) is 0 Å². The highest BCUT2D eigenvalue weighted by molar-refractivity contribution is 6.01. The van der Waals surface area contributed by atoms with E-state index in [-0.39, 0.29) is 66.0 Å². The second-order valence-corrected chi connectivity index (χ2v) is 6.39. The fourth-order valence-corrected chi connectivity index (χ4v) is 2.07. The minimum atomic E-state index is -0.769. The Labute approximate surface area is 149 Å². The number of rotatable bonds is 9. The van der Waals surface area contributed by atoms with Crippen LogP contribution in [0.3, 0.4) is 0 Å². The van der Waals surface area contributed by atoms with Gasteiger partial charge in [-0.15, -0.1) is 12.4 Å². The normalized spacial score (nSPS) is 12.1. The first-order valence-corrected chi connectivity index (χ1v) is 7.84. The van der Waals surface area contributed by atoms with E-state index < -0.39 is 6.10 Å². The smallest absolute Gasteiger partial charge is 0.170 e. The Morgan fingerprint density at radius 2 is 1.83 bits per heavy atom. The van der Waals surface area contributed by atoms with Gasteiger partial charge >= 0.3 is 0 Å². The summed E-state index contributed by atoms with van der Waals surface area (Å²) in [5, 5.41) is 32.5. The van der Waals surface area contributed by atoms with Crippen LogP contribution in [-0.4, -0.2) is 46.4 Å². The molecule has 0 saturated carbocycles. The maximum absolute atomic E-state index is 12.3. The van der Waals surface area contributed by atoms with Crippen LogP contribution < -0.4 is 10.1 Å². The molecule has 0 aromatic heterocycles. The number of aromatic hydroxyl groups is 2. The Bertz CT molecular complexity index is 534. The van der Waals surface area contributed by atoms with Gasteiger partial charge in [0.2, 0.25) is 0 Å². The van der Waals surface area contributed by atoms with E-state index >= 15 is 0 Å². The first-order chi connectivity index (χ1) is 10.7. The van der Waals surface area contributed by atoms with E-state index in [4.69, 9.17) is 4.74 Å². The van der Waals surface area contributed by atoms with Gasteiger partial charge in [-0.3, -0.25) is 4.79 Å². The summed E-state index contributed by atoms with van der Waals surface area (Å²) in [5.41, 5.74) is 0.0421. The predicted molar refractivity (Wildman–Crippen MR) is 95.4 cm³/mol. The molecule has 1 unspecified atom stereocenters. The molecule has 6 nitrogen and oxygen atoms in total. The van der Waals surface area contributed by atoms with Crippen LogP contribution in [0, 0.1) is 5.92 Å². The number of aliphatic hydroxyl groups excluding tert-OH is 1. The number of aliphatic hydroxyl groups is 1. The fourth-order valence-electron chi connectivity index (χ4n) is 2.07. The molecule has 0 spiro atoms. The zero-order valence-corrected chi connectivity index (χ0v) is 15.4. The standard InChI is InChI=1S/C17H27NO5.ClH/c1-10(2)5-14(21)17-15(22)6-12(19)7-16(17)23-9-13(20)8-18-11(3)4;/h6-7,10-11,13,18-20,22H,5,8-9H2,1-4H3;1H. The van der Waals surface area contributed by atoms with Gasteiger partial charge in [0.15, 0.2) is 5.78 Å². The number of phenols is 2. The van der Waals surface area contributed by atoms with Gasteiger partial charge in [0.1, 0.15) is 35.5 Å². The lowest BCUT2D eigenvalue weighted by Gasteiger charge is -2.17. The Hall–Kier alpha value is -1.50. The quantitative estimate of drug-likeness (QED) is 0.504. The molecule has 4 N–H and O–H groups in total. The van der Waals surface area contributed by atoms with Crippen LogP contribution in [0.4, 0.5) is 0 Å². The van der Waals surface area contributed by atoms with Crippen molar-refractivity contribution >= 4 is 18.2 Å². The van der Waals surface area contributed by atoms with Crippen LogP contribution in [-0.2, 0) is 0 Å². The highest BCUT2D eigenvalue weighted by Gasteiger charge is 2.21. The maximum Gasteiger partial charge on any atom is 0.170 e. The third kappa shape index (κ3) is 7.38. The van der Waals surface area contributed by atoms with Crippen molar-refractivity contribution in [3.05, 3.63) is 17.7 Å². The van der Waals surface area contributed by atoms with E-state index in [0.29, 0.717) is 6.54 Å². The summed E-state index contributed by atoms with van der Waals surface area (Å²) >= 11 is 0. The largest absolute Gasteiger partial charge is 0.508 e. The van der Waals surface area contributed by atoms with Crippen molar-refractivity contribution in [1.82, 2.24) is 5.32 Å². The second-order valence-electron chi connectivity index (χ2n) is 6.39. The number of benzene rings is 1. The SMILES string of the molecule is CC(C)CC(=O)c1c(O)cc(O)cc1OCC(O)CNC(C)C.Cl. The second kappa shape index (κ2) is 10.4. The molecule has 0 fully saturated rings. The molecule has 1 aromatic rings. The Morgan fingerprint density at radius 1 is 1.21 bits per heavy atom. The van der Waals surface area contributed by atoms with Gasteiger partial charge in [0.05, 0.1) is 0 Å². The van der Waals surface area contributed by atoms with Crippen molar-refractivity contribution in [2.24, 2.45) is 5.92 Å². The summed E-state index contributed by atoms with van der Waals surface area (Å²) in [7, 11) is 0. The molecule has 1 rings (SSSR count). The van der Waals surface area contributed by atoms with Crippen LogP contribution in [0.5, 0.6) is 17.2 Å². The van der Waals surface area contributed by atoms with E-state index in [1.54, 1.807) is 0 Å². The number of nitrogens with one attached hydrogen (secondary N) is 1. The van der Waals surface area contributed by atoms with Crippen molar-refractivity contribution in [1.29, 1.82) is 0 Å². The number of halogens is 1. The number of ketones is 1. The number of hydrogen-bond donors (Lipinski definition) is 4. The molecule has 0 aliphatic heterocycles. The summed E-state index contributed by atoms with van der Waals surface area (Å²) in [5.74, 6) is -0.572. The summed E-state index contributed by atoms with van der Waals surface area (Å²) < 4.78 is 5.46. The van der Waals surface area contributed by atoms with Crippen LogP contribution in [0.1, 0.15) is 44.5 Å². The third-order valence-corrected chi connectivity index (χ3v) is 3.13. The lowest BCUT2D eigenvalue weighted by Crippen LogP contribution is -2.35. The molecule has 0 heterocycles. The van der Waals surface area contributed by atoms with Crippen molar-refractivity contribution in [2.75, 3.05) is 13.2 Å². The molecule has 1 atom stereocenters. The number of hydrogen-bond acceptors (Lipinski definition) is 6. The molecule has 0 amide bonds. The average Bonchev–Trinajstić information content (AvgIpc) is 2.41. The summed E-state index contributed by atoms with van der Waals surface area (Å²) in [6.45, 7) is 8.02. The van der Waals surface area contributed by atoms with E-state index in [2.05, 4.69) is 5.32 Å². The van der Waals surface area contributed by atoms with Crippen molar-refractivity contribution in [2.45, 2.75) is 46.3 Å². The lowest BCUT2D eigenvalue weighted by atomic mass is 9.99. The first-order valence-electron chi connectivity index (χ1n) is 7.84. The van der Waals surface area contributed by atoms with Crippen LogP contribution in [0.25, 0.3) is 0 Å². The summed E-state index contributed by atoms with van der Waals surface area (Å²) in [4.78, 5) is 12.3. The lowest BCUT2D eigenvalue weighted by molar-refractivity contribution is 0.0930. The van der Waals surface area contributed by atoms with Gasteiger partial charge in [-0.2, -0.15) is 0 Å². The summed E-state index contributed by atoms with van der Waals surface area (Å²) in [6.07, 6.45) is -0.512. The van der Waals surface area contributed by atoms with Gasteiger partial charge < -0.3 is 25.4 Å². The molecule has 7 heteroatoms. The Kier molecular flexibility index (Phi) is 9.73. The number of carbonyl (C=O) groups excluding carboxylic acids is 1. The number of phenolic OH excluding ortho intramolecular Hbond substituents is 2. The predicted octanol–water partition coefficient (Wildman–Crippen LogP) is 2.49. The highest BCUT2D eigenvalue weighted by atomic mass is 35.5. The molecule has 0 saturated heterocycles. The van der Waals surface area contributed by atoms with Gasteiger partial charge in [-0.05, 0) is 5.92 Å². The van der Waals surface area contributed by atoms with Gasteiger partial charge in [0, 0.05) is 31.1 Å². The molecule has 0 radical (unpaired) electrons. The maximum atomic E-state index is 12.3. The monoisotopic (exact) mass is 361 g/mol.